The fraction of sp³-hybridized carbons (Fsp3) is 0.125. The van der Waals surface area contributed by atoms with Crippen LogP contribution in [0.2, 0.25) is 0 Å². The van der Waals surface area contributed by atoms with Gasteiger partial charge < -0.3 is 4.74 Å². The molecule has 0 aliphatic rings. The van der Waals surface area contributed by atoms with Crippen LogP contribution in [0.25, 0.3) is 33.0 Å². The quantitative estimate of drug-likeness (QED) is 0.139. The van der Waals surface area contributed by atoms with Crippen molar-refractivity contribution in [2.24, 2.45) is 0 Å². The van der Waals surface area contributed by atoms with E-state index in [0.29, 0.717) is 29.5 Å². The molecule has 0 aliphatic carbocycles. The minimum Gasteiger partial charge on any atom is -0.429 e. The second-order valence-electron chi connectivity index (χ2n) is 9.44. The van der Waals surface area contributed by atoms with Gasteiger partial charge in [-0.3, -0.25) is 0 Å². The van der Waals surface area contributed by atoms with Crippen molar-refractivity contribution in [1.29, 1.82) is 0 Å². The van der Waals surface area contributed by atoms with Crippen LogP contribution >= 0.6 is 0 Å². The molecule has 1 nitrogen and oxygen atoms in total. The third-order valence-electron chi connectivity index (χ3n) is 6.62. The van der Waals surface area contributed by atoms with Crippen LogP contribution in [0.5, 0.6) is 5.75 Å². The molecule has 0 bridgehead atoms. The van der Waals surface area contributed by atoms with Crippen LogP contribution in [0.3, 0.4) is 0 Å². The van der Waals surface area contributed by atoms with Crippen molar-refractivity contribution in [2.75, 3.05) is 0 Å². The standard InChI is InChI=1S/C32H20F8O/c1-2-3-17-12-26(34)29(27(35)13-17)32(39,40)41-22-8-4-18(5-9-22)19-6-10-23(25(33)15-19)20-7-11-24-21(14-20)16-28(36)31(38)30(24)37/h4-16H,2-3H2,1H3. The minimum absolute atomic E-state index is 0.0476. The van der Waals surface area contributed by atoms with Crippen LogP contribution in [0, 0.1) is 34.9 Å². The van der Waals surface area contributed by atoms with Crippen LogP contribution in [0.1, 0.15) is 24.5 Å². The Labute approximate surface area is 229 Å². The van der Waals surface area contributed by atoms with Gasteiger partial charge in [0.15, 0.2) is 17.5 Å². The molecule has 0 fully saturated rings. The summed E-state index contributed by atoms with van der Waals surface area (Å²) in [5.41, 5.74) is -0.0556. The van der Waals surface area contributed by atoms with Crippen LogP contribution in [0.15, 0.2) is 78.9 Å². The number of benzene rings is 5. The highest BCUT2D eigenvalue weighted by Gasteiger charge is 2.41. The van der Waals surface area contributed by atoms with Crippen molar-refractivity contribution in [1.82, 2.24) is 0 Å². The molecule has 9 heteroatoms. The molecule has 5 aromatic rings. The Morgan fingerprint density at radius 1 is 0.610 bits per heavy atom. The molecule has 0 atom stereocenters. The Bertz CT molecular complexity index is 1740. The number of rotatable bonds is 7. The van der Waals surface area contributed by atoms with Crippen LogP contribution in [-0.4, -0.2) is 0 Å². The van der Waals surface area contributed by atoms with E-state index in [4.69, 9.17) is 0 Å². The lowest BCUT2D eigenvalue weighted by atomic mass is 9.97. The summed E-state index contributed by atoms with van der Waals surface area (Å²) in [5.74, 6) is -8.20. The lowest BCUT2D eigenvalue weighted by Gasteiger charge is -2.20. The zero-order valence-electron chi connectivity index (χ0n) is 21.4. The summed E-state index contributed by atoms with van der Waals surface area (Å²) in [6.07, 6.45) is -3.39. The number of aryl methyl sites for hydroxylation is 1. The Hall–Kier alpha value is -4.40. The van der Waals surface area contributed by atoms with Crippen molar-refractivity contribution in [2.45, 2.75) is 25.9 Å². The summed E-state index contributed by atoms with van der Waals surface area (Å²) >= 11 is 0. The Kier molecular flexibility index (Phi) is 7.46. The minimum atomic E-state index is -4.30. The van der Waals surface area contributed by atoms with Crippen molar-refractivity contribution >= 4 is 10.8 Å². The number of hydrogen-bond donors (Lipinski definition) is 0. The molecule has 5 aromatic carbocycles. The highest BCUT2D eigenvalue weighted by atomic mass is 19.3. The molecule has 0 radical (unpaired) electrons. The smallest absolute Gasteiger partial charge is 0.429 e. The average molecular weight is 572 g/mol. The van der Waals surface area contributed by atoms with E-state index in [2.05, 4.69) is 4.74 Å². The fourth-order valence-electron chi connectivity index (χ4n) is 4.65. The first-order valence-corrected chi connectivity index (χ1v) is 12.5. The van der Waals surface area contributed by atoms with E-state index in [1.807, 2.05) is 0 Å². The van der Waals surface area contributed by atoms with E-state index >= 15 is 4.39 Å². The first kappa shape index (κ1) is 28.1. The molecule has 41 heavy (non-hydrogen) atoms. The first-order chi connectivity index (χ1) is 19.5. The van der Waals surface area contributed by atoms with Gasteiger partial charge in [0.2, 0.25) is 0 Å². The maximum Gasteiger partial charge on any atom is 0.432 e. The molecule has 0 amide bonds. The van der Waals surface area contributed by atoms with E-state index < -0.39 is 46.6 Å². The van der Waals surface area contributed by atoms with Gasteiger partial charge in [0.1, 0.15) is 28.8 Å². The van der Waals surface area contributed by atoms with E-state index in [0.717, 1.165) is 30.3 Å². The van der Waals surface area contributed by atoms with Gasteiger partial charge in [-0.15, -0.1) is 0 Å². The second kappa shape index (κ2) is 10.9. The molecule has 0 N–H and O–H groups in total. The lowest BCUT2D eigenvalue weighted by molar-refractivity contribution is -0.189. The second-order valence-corrected chi connectivity index (χ2v) is 9.44. The third-order valence-corrected chi connectivity index (χ3v) is 6.62. The van der Waals surface area contributed by atoms with Gasteiger partial charge in [-0.25, -0.2) is 26.3 Å². The summed E-state index contributed by atoms with van der Waals surface area (Å²) < 4.78 is 119. The maximum atomic E-state index is 15.1. The normalized spacial score (nSPS) is 11.7. The maximum absolute atomic E-state index is 15.1. The Balaban J connectivity index is 1.38. The number of ether oxygens (including phenoxy) is 1. The van der Waals surface area contributed by atoms with E-state index in [1.165, 1.54) is 42.5 Å². The molecule has 0 saturated carbocycles. The van der Waals surface area contributed by atoms with Gasteiger partial charge in [-0.05, 0) is 76.5 Å². The fourth-order valence-corrected chi connectivity index (χ4v) is 4.65. The highest BCUT2D eigenvalue weighted by Crippen LogP contribution is 2.37. The third kappa shape index (κ3) is 5.49. The molecule has 0 unspecified atom stereocenters. The summed E-state index contributed by atoms with van der Waals surface area (Å²) in [6, 6.07) is 15.6. The van der Waals surface area contributed by atoms with Gasteiger partial charge in [0.05, 0.1) is 0 Å². The molecule has 0 aliphatic heterocycles. The van der Waals surface area contributed by atoms with Gasteiger partial charge >= 0.3 is 6.11 Å². The SMILES string of the molecule is CCCc1cc(F)c(C(F)(F)Oc2ccc(-c3ccc(-c4ccc5c(F)c(F)c(F)cc5c4)c(F)c3)cc2)c(F)c1. The average Bonchev–Trinajstić information content (AvgIpc) is 2.91. The zero-order valence-corrected chi connectivity index (χ0v) is 21.4. The topological polar surface area (TPSA) is 9.23 Å². The molecule has 0 heterocycles. The summed E-state index contributed by atoms with van der Waals surface area (Å²) in [6.45, 7) is 1.79. The molecule has 0 spiro atoms. The van der Waals surface area contributed by atoms with Crippen molar-refractivity contribution in [3.8, 4) is 28.0 Å². The van der Waals surface area contributed by atoms with E-state index in [9.17, 15) is 30.7 Å². The van der Waals surface area contributed by atoms with Crippen LogP contribution in [0.4, 0.5) is 35.1 Å². The van der Waals surface area contributed by atoms with Crippen LogP contribution in [-0.2, 0) is 12.5 Å². The molecule has 0 saturated heterocycles. The number of fused-ring (bicyclic) bond motifs is 1. The highest BCUT2D eigenvalue weighted by molar-refractivity contribution is 5.88. The predicted molar refractivity (Wildman–Crippen MR) is 140 cm³/mol. The molecule has 210 valence electrons. The number of alkyl halides is 2. The molecule has 5 rings (SSSR count). The summed E-state index contributed by atoms with van der Waals surface area (Å²) in [7, 11) is 0. The van der Waals surface area contributed by atoms with Crippen molar-refractivity contribution < 1.29 is 39.9 Å². The summed E-state index contributed by atoms with van der Waals surface area (Å²) in [5, 5.41) is -0.108. The largest absolute Gasteiger partial charge is 0.432 e. The Morgan fingerprint density at radius 3 is 1.88 bits per heavy atom. The van der Waals surface area contributed by atoms with Crippen molar-refractivity contribution in [3.05, 3.63) is 125 Å². The monoisotopic (exact) mass is 572 g/mol. The first-order valence-electron chi connectivity index (χ1n) is 12.5. The lowest BCUT2D eigenvalue weighted by Crippen LogP contribution is -2.25. The summed E-state index contributed by atoms with van der Waals surface area (Å²) in [4.78, 5) is 0. The Morgan fingerprint density at radius 2 is 1.24 bits per heavy atom. The van der Waals surface area contributed by atoms with Crippen LogP contribution < -0.4 is 4.74 Å². The molecule has 0 aromatic heterocycles. The molecular weight excluding hydrogens is 552 g/mol. The van der Waals surface area contributed by atoms with Crippen molar-refractivity contribution in [3.63, 3.8) is 0 Å². The van der Waals surface area contributed by atoms with E-state index in [1.54, 1.807) is 13.0 Å². The van der Waals surface area contributed by atoms with Gasteiger partial charge in [-0.2, -0.15) is 8.78 Å². The predicted octanol–water partition coefficient (Wildman–Crippen LogP) is 10.1. The number of halogens is 8. The number of hydrogen-bond acceptors (Lipinski definition) is 1. The van der Waals surface area contributed by atoms with Gasteiger partial charge in [-0.1, -0.05) is 49.7 Å². The zero-order chi connectivity index (χ0) is 29.5. The van der Waals surface area contributed by atoms with E-state index in [-0.39, 0.29) is 27.6 Å². The van der Waals surface area contributed by atoms with Gasteiger partial charge in [0.25, 0.3) is 0 Å². The molecular formula is C32H20F8O. The van der Waals surface area contributed by atoms with Gasteiger partial charge in [0, 0.05) is 10.9 Å².